The normalized spacial score (nSPS) is 20.4. The molecule has 0 radical (unpaired) electrons. The zero-order valence-electron chi connectivity index (χ0n) is 11.5. The van der Waals surface area contributed by atoms with Crippen molar-refractivity contribution in [1.82, 2.24) is 10.2 Å². The monoisotopic (exact) mass is 270 g/mol. The Labute approximate surface area is 113 Å². The number of carboxylic acids is 1. The smallest absolute Gasteiger partial charge is 0.303 e. The first-order valence-corrected chi connectivity index (χ1v) is 6.63. The molecule has 0 aromatic rings. The summed E-state index contributed by atoms with van der Waals surface area (Å²) in [5, 5.41) is 11.4. The fourth-order valence-electron chi connectivity index (χ4n) is 2.14. The summed E-state index contributed by atoms with van der Waals surface area (Å²) < 4.78 is 0. The molecule has 0 aromatic heterocycles. The van der Waals surface area contributed by atoms with Gasteiger partial charge in [0.15, 0.2) is 0 Å². The molecule has 2 atom stereocenters. The lowest BCUT2D eigenvalue weighted by atomic mass is 10.0. The van der Waals surface area contributed by atoms with E-state index < -0.39 is 5.97 Å². The topological polar surface area (TPSA) is 86.7 Å². The van der Waals surface area contributed by atoms with Crippen LogP contribution in [0.3, 0.4) is 0 Å². The number of carbonyl (C=O) groups excluding carboxylic acids is 2. The van der Waals surface area contributed by atoms with E-state index >= 15 is 0 Å². The molecule has 0 aliphatic carbocycles. The van der Waals surface area contributed by atoms with Gasteiger partial charge in [0, 0.05) is 33.0 Å². The minimum absolute atomic E-state index is 0.00924. The number of carboxylic acid groups (broad SMARTS) is 1. The lowest BCUT2D eigenvalue weighted by Crippen LogP contribution is -2.33. The van der Waals surface area contributed by atoms with Gasteiger partial charge in [-0.15, -0.1) is 0 Å². The molecule has 0 saturated carbocycles. The molecule has 2 N–H and O–H groups in total. The van der Waals surface area contributed by atoms with Crippen molar-refractivity contribution in [2.75, 3.05) is 20.1 Å². The average Bonchev–Trinajstić information content (AvgIpc) is 2.67. The minimum Gasteiger partial charge on any atom is -0.481 e. The molecule has 1 aliphatic heterocycles. The van der Waals surface area contributed by atoms with E-state index in [-0.39, 0.29) is 36.5 Å². The second-order valence-electron chi connectivity index (χ2n) is 5.29. The van der Waals surface area contributed by atoms with Crippen LogP contribution in [0.5, 0.6) is 0 Å². The Hall–Kier alpha value is -1.59. The van der Waals surface area contributed by atoms with Gasteiger partial charge in [-0.2, -0.15) is 0 Å². The van der Waals surface area contributed by atoms with Crippen LogP contribution in [0.15, 0.2) is 0 Å². The highest BCUT2D eigenvalue weighted by Gasteiger charge is 2.31. The fraction of sp³-hybridized carbons (Fsp3) is 0.769. The van der Waals surface area contributed by atoms with Crippen molar-refractivity contribution < 1.29 is 19.5 Å². The van der Waals surface area contributed by atoms with Gasteiger partial charge >= 0.3 is 5.97 Å². The van der Waals surface area contributed by atoms with E-state index in [1.54, 1.807) is 11.9 Å². The number of nitrogens with one attached hydrogen (secondary N) is 1. The molecule has 1 fully saturated rings. The molecule has 1 saturated heterocycles. The summed E-state index contributed by atoms with van der Waals surface area (Å²) in [7, 11) is 1.70. The van der Waals surface area contributed by atoms with Crippen LogP contribution < -0.4 is 5.32 Å². The Morgan fingerprint density at radius 3 is 2.68 bits per heavy atom. The standard InChI is InChI=1S/C13H22N2O4/c1-9(3-4-12(17)18)5-6-14-13(19)10-7-11(16)15(2)8-10/h9-10H,3-8H2,1-2H3,(H,14,19)(H,17,18). The average molecular weight is 270 g/mol. The number of hydrogen-bond donors (Lipinski definition) is 2. The third kappa shape index (κ3) is 5.28. The maximum absolute atomic E-state index is 11.8. The van der Waals surface area contributed by atoms with E-state index in [1.165, 1.54) is 0 Å². The molecule has 1 heterocycles. The first-order valence-electron chi connectivity index (χ1n) is 6.63. The molecular formula is C13H22N2O4. The lowest BCUT2D eigenvalue weighted by Gasteiger charge is -2.13. The van der Waals surface area contributed by atoms with Crippen LogP contribution in [0.2, 0.25) is 0 Å². The van der Waals surface area contributed by atoms with Crippen molar-refractivity contribution in [3.05, 3.63) is 0 Å². The van der Waals surface area contributed by atoms with E-state index in [4.69, 9.17) is 5.11 Å². The number of carbonyl (C=O) groups is 3. The van der Waals surface area contributed by atoms with Gasteiger partial charge in [0.1, 0.15) is 0 Å². The summed E-state index contributed by atoms with van der Waals surface area (Å²) in [5.41, 5.74) is 0. The molecule has 0 bridgehead atoms. The maximum Gasteiger partial charge on any atom is 0.303 e. The number of amides is 2. The Kier molecular flexibility index (Phi) is 5.79. The Bertz CT molecular complexity index is 357. The number of nitrogens with zero attached hydrogens (tertiary/aromatic N) is 1. The SMILES string of the molecule is CC(CCNC(=O)C1CC(=O)N(C)C1)CCC(=O)O. The van der Waals surface area contributed by atoms with Crippen LogP contribution in [0.1, 0.15) is 32.6 Å². The largest absolute Gasteiger partial charge is 0.481 e. The third-order valence-electron chi connectivity index (χ3n) is 3.50. The second kappa shape index (κ2) is 7.11. The Morgan fingerprint density at radius 1 is 1.47 bits per heavy atom. The van der Waals surface area contributed by atoms with Gasteiger partial charge in [0.25, 0.3) is 0 Å². The van der Waals surface area contributed by atoms with Gasteiger partial charge in [-0.3, -0.25) is 14.4 Å². The Balaban J connectivity index is 2.17. The van der Waals surface area contributed by atoms with Crippen molar-refractivity contribution in [3.63, 3.8) is 0 Å². The molecule has 108 valence electrons. The molecule has 1 rings (SSSR count). The van der Waals surface area contributed by atoms with Gasteiger partial charge in [-0.25, -0.2) is 0 Å². The minimum atomic E-state index is -0.789. The summed E-state index contributed by atoms with van der Waals surface area (Å²) in [6, 6.07) is 0. The highest BCUT2D eigenvalue weighted by molar-refractivity contribution is 5.89. The number of likely N-dealkylation sites (tertiary alicyclic amines) is 1. The predicted molar refractivity (Wildman–Crippen MR) is 69.4 cm³/mol. The van der Waals surface area contributed by atoms with E-state index in [9.17, 15) is 14.4 Å². The van der Waals surface area contributed by atoms with Gasteiger partial charge < -0.3 is 15.3 Å². The third-order valence-corrected chi connectivity index (χ3v) is 3.50. The van der Waals surface area contributed by atoms with Crippen LogP contribution in [-0.2, 0) is 14.4 Å². The summed E-state index contributed by atoms with van der Waals surface area (Å²) in [4.78, 5) is 35.1. The molecule has 6 heteroatoms. The zero-order valence-corrected chi connectivity index (χ0v) is 11.5. The van der Waals surface area contributed by atoms with Crippen LogP contribution >= 0.6 is 0 Å². The van der Waals surface area contributed by atoms with Gasteiger partial charge in [-0.1, -0.05) is 6.92 Å². The van der Waals surface area contributed by atoms with Gasteiger partial charge in [0.2, 0.25) is 11.8 Å². The first-order chi connectivity index (χ1) is 8.90. The van der Waals surface area contributed by atoms with E-state index in [1.807, 2.05) is 6.92 Å². The summed E-state index contributed by atoms with van der Waals surface area (Å²) >= 11 is 0. The van der Waals surface area contributed by atoms with Crippen molar-refractivity contribution in [2.24, 2.45) is 11.8 Å². The van der Waals surface area contributed by atoms with Gasteiger partial charge in [-0.05, 0) is 18.8 Å². The van der Waals surface area contributed by atoms with Crippen LogP contribution in [0.4, 0.5) is 0 Å². The van der Waals surface area contributed by atoms with Crippen LogP contribution in [0, 0.1) is 11.8 Å². The van der Waals surface area contributed by atoms with Crippen LogP contribution in [0.25, 0.3) is 0 Å². The van der Waals surface area contributed by atoms with Crippen molar-refractivity contribution >= 4 is 17.8 Å². The van der Waals surface area contributed by atoms with E-state index in [0.29, 0.717) is 19.5 Å². The second-order valence-corrected chi connectivity index (χ2v) is 5.29. The summed E-state index contributed by atoms with van der Waals surface area (Å²) in [6.45, 7) is 3.00. The lowest BCUT2D eigenvalue weighted by molar-refractivity contribution is -0.137. The predicted octanol–water partition coefficient (Wildman–Crippen LogP) is 0.472. The number of aliphatic carboxylic acids is 1. The molecule has 2 amide bonds. The van der Waals surface area contributed by atoms with Crippen molar-refractivity contribution in [3.8, 4) is 0 Å². The molecule has 2 unspecified atom stereocenters. The number of hydrogen-bond acceptors (Lipinski definition) is 3. The van der Waals surface area contributed by atoms with E-state index in [0.717, 1.165) is 6.42 Å². The first kappa shape index (κ1) is 15.5. The highest BCUT2D eigenvalue weighted by Crippen LogP contribution is 2.16. The van der Waals surface area contributed by atoms with Gasteiger partial charge in [0.05, 0.1) is 5.92 Å². The van der Waals surface area contributed by atoms with Crippen molar-refractivity contribution in [2.45, 2.75) is 32.6 Å². The summed E-state index contributed by atoms with van der Waals surface area (Å²) in [6.07, 6.45) is 1.83. The molecule has 0 aromatic carbocycles. The molecular weight excluding hydrogens is 248 g/mol. The van der Waals surface area contributed by atoms with Crippen molar-refractivity contribution in [1.29, 1.82) is 0 Å². The Morgan fingerprint density at radius 2 is 2.16 bits per heavy atom. The zero-order chi connectivity index (χ0) is 14.4. The maximum atomic E-state index is 11.8. The number of rotatable bonds is 7. The molecule has 1 aliphatic rings. The molecule has 19 heavy (non-hydrogen) atoms. The molecule has 6 nitrogen and oxygen atoms in total. The van der Waals surface area contributed by atoms with Crippen LogP contribution in [-0.4, -0.2) is 47.9 Å². The fourth-order valence-corrected chi connectivity index (χ4v) is 2.14. The highest BCUT2D eigenvalue weighted by atomic mass is 16.4. The molecule has 0 spiro atoms. The summed E-state index contributed by atoms with van der Waals surface area (Å²) in [5.74, 6) is -0.836. The quantitative estimate of drug-likeness (QED) is 0.704. The van der Waals surface area contributed by atoms with E-state index in [2.05, 4.69) is 5.32 Å².